The van der Waals surface area contributed by atoms with Gasteiger partial charge in [0.05, 0.1) is 13.2 Å². The molecule has 2 aromatic rings. The Morgan fingerprint density at radius 3 is 2.38 bits per heavy atom. The molecular weight excluding hydrogens is 324 g/mol. The van der Waals surface area contributed by atoms with Crippen LogP contribution in [0.25, 0.3) is 0 Å². The van der Waals surface area contributed by atoms with Crippen molar-refractivity contribution >= 4 is 11.6 Å². The van der Waals surface area contributed by atoms with Gasteiger partial charge in [-0.25, -0.2) is 0 Å². The van der Waals surface area contributed by atoms with Crippen molar-refractivity contribution in [1.29, 1.82) is 0 Å². The highest BCUT2D eigenvalue weighted by atomic mass is 16.5. The highest BCUT2D eigenvalue weighted by Gasteiger charge is 2.11. The van der Waals surface area contributed by atoms with Gasteiger partial charge in [0.1, 0.15) is 0 Å². The standard InChI is InChI=1S/C21H28N4O/c1-22-21(24(2)17-19-6-4-3-5-7-19)23-16-18-8-10-20(11-9-18)25-12-14-26-15-13-25/h3-11H,12-17H2,1-2H3,(H,22,23). The van der Waals surface area contributed by atoms with E-state index in [2.05, 4.69) is 75.7 Å². The quantitative estimate of drug-likeness (QED) is 0.663. The highest BCUT2D eigenvalue weighted by Crippen LogP contribution is 2.16. The topological polar surface area (TPSA) is 40.1 Å². The van der Waals surface area contributed by atoms with Gasteiger partial charge in [-0.15, -0.1) is 0 Å². The van der Waals surface area contributed by atoms with Crippen LogP contribution in [-0.2, 0) is 17.8 Å². The Bertz CT molecular complexity index is 694. The van der Waals surface area contributed by atoms with Crippen molar-refractivity contribution < 1.29 is 4.74 Å². The average Bonchev–Trinajstić information content (AvgIpc) is 2.70. The highest BCUT2D eigenvalue weighted by molar-refractivity contribution is 5.79. The summed E-state index contributed by atoms with van der Waals surface area (Å²) in [4.78, 5) is 8.90. The fourth-order valence-electron chi connectivity index (χ4n) is 3.14. The van der Waals surface area contributed by atoms with Crippen molar-refractivity contribution in [2.24, 2.45) is 4.99 Å². The van der Waals surface area contributed by atoms with Crippen molar-refractivity contribution in [2.45, 2.75) is 13.1 Å². The molecule has 5 nitrogen and oxygen atoms in total. The zero-order valence-electron chi connectivity index (χ0n) is 15.7. The number of rotatable bonds is 5. The van der Waals surface area contributed by atoms with E-state index >= 15 is 0 Å². The second-order valence-electron chi connectivity index (χ2n) is 6.51. The molecule has 1 saturated heterocycles. The fourth-order valence-corrected chi connectivity index (χ4v) is 3.14. The number of ether oxygens (including phenoxy) is 1. The van der Waals surface area contributed by atoms with E-state index in [1.807, 2.05) is 13.1 Å². The number of guanidine groups is 1. The molecule has 0 saturated carbocycles. The number of nitrogens with zero attached hydrogens (tertiary/aromatic N) is 3. The number of morpholine rings is 1. The number of hydrogen-bond acceptors (Lipinski definition) is 3. The first-order chi connectivity index (χ1) is 12.8. The Labute approximate surface area is 156 Å². The first-order valence-corrected chi connectivity index (χ1v) is 9.13. The lowest BCUT2D eigenvalue weighted by Gasteiger charge is -2.29. The van der Waals surface area contributed by atoms with Gasteiger partial charge in [-0.05, 0) is 23.3 Å². The average molecular weight is 352 g/mol. The molecule has 26 heavy (non-hydrogen) atoms. The molecule has 0 spiro atoms. The normalized spacial score (nSPS) is 15.0. The first kappa shape index (κ1) is 18.3. The minimum absolute atomic E-state index is 0.759. The van der Waals surface area contributed by atoms with Crippen LogP contribution in [0.1, 0.15) is 11.1 Å². The Balaban J connectivity index is 1.53. The summed E-state index contributed by atoms with van der Waals surface area (Å²) in [6.45, 7) is 5.15. The number of benzene rings is 2. The summed E-state index contributed by atoms with van der Waals surface area (Å²) < 4.78 is 5.42. The van der Waals surface area contributed by atoms with Crippen molar-refractivity contribution in [1.82, 2.24) is 10.2 Å². The van der Waals surface area contributed by atoms with Gasteiger partial charge in [-0.1, -0.05) is 42.5 Å². The largest absolute Gasteiger partial charge is 0.378 e. The predicted octanol–water partition coefficient (Wildman–Crippen LogP) is 2.73. The molecule has 0 unspecified atom stereocenters. The lowest BCUT2D eigenvalue weighted by molar-refractivity contribution is 0.122. The van der Waals surface area contributed by atoms with E-state index in [1.165, 1.54) is 16.8 Å². The van der Waals surface area contributed by atoms with Crippen LogP contribution in [0.4, 0.5) is 5.69 Å². The third-order valence-electron chi connectivity index (χ3n) is 4.60. The van der Waals surface area contributed by atoms with Gasteiger partial charge in [-0.3, -0.25) is 4.99 Å². The van der Waals surface area contributed by atoms with Crippen LogP contribution < -0.4 is 10.2 Å². The van der Waals surface area contributed by atoms with E-state index in [9.17, 15) is 0 Å². The summed E-state index contributed by atoms with van der Waals surface area (Å²) in [5.74, 6) is 0.895. The zero-order chi connectivity index (χ0) is 18.2. The Morgan fingerprint density at radius 1 is 1.04 bits per heavy atom. The smallest absolute Gasteiger partial charge is 0.193 e. The molecule has 0 aromatic heterocycles. The van der Waals surface area contributed by atoms with E-state index in [-0.39, 0.29) is 0 Å². The second kappa shape index (κ2) is 9.25. The lowest BCUT2D eigenvalue weighted by atomic mass is 10.2. The molecule has 0 amide bonds. The van der Waals surface area contributed by atoms with E-state index in [0.717, 1.165) is 45.4 Å². The summed E-state index contributed by atoms with van der Waals surface area (Å²) in [5.41, 5.74) is 3.78. The van der Waals surface area contributed by atoms with Gasteiger partial charge >= 0.3 is 0 Å². The summed E-state index contributed by atoms with van der Waals surface area (Å²) in [5, 5.41) is 3.45. The molecule has 1 aliphatic rings. The van der Waals surface area contributed by atoms with Crippen LogP contribution in [0.2, 0.25) is 0 Å². The molecule has 1 fully saturated rings. The van der Waals surface area contributed by atoms with Gasteiger partial charge in [0.25, 0.3) is 0 Å². The molecule has 2 aromatic carbocycles. The molecule has 1 aliphatic heterocycles. The van der Waals surface area contributed by atoms with E-state index in [1.54, 1.807) is 0 Å². The predicted molar refractivity (Wildman–Crippen MR) is 108 cm³/mol. The number of aliphatic imine (C=N–C) groups is 1. The lowest BCUT2D eigenvalue weighted by Crippen LogP contribution is -2.38. The van der Waals surface area contributed by atoms with Gasteiger partial charge in [0.2, 0.25) is 0 Å². The zero-order valence-corrected chi connectivity index (χ0v) is 15.7. The SMILES string of the molecule is CN=C(NCc1ccc(N2CCOCC2)cc1)N(C)Cc1ccccc1. The summed E-state index contributed by atoms with van der Waals surface area (Å²) in [7, 11) is 3.88. The molecule has 138 valence electrons. The summed E-state index contributed by atoms with van der Waals surface area (Å²) >= 11 is 0. The van der Waals surface area contributed by atoms with Gasteiger partial charge < -0.3 is 19.9 Å². The van der Waals surface area contributed by atoms with Crippen LogP contribution in [0.3, 0.4) is 0 Å². The van der Waals surface area contributed by atoms with E-state index in [0.29, 0.717) is 0 Å². The second-order valence-corrected chi connectivity index (χ2v) is 6.51. The Kier molecular flexibility index (Phi) is 6.50. The van der Waals surface area contributed by atoms with Crippen LogP contribution in [-0.4, -0.2) is 51.3 Å². The minimum atomic E-state index is 0.759. The monoisotopic (exact) mass is 352 g/mol. The van der Waals surface area contributed by atoms with Crippen molar-refractivity contribution in [3.63, 3.8) is 0 Å². The van der Waals surface area contributed by atoms with E-state index < -0.39 is 0 Å². The molecule has 3 rings (SSSR count). The van der Waals surface area contributed by atoms with E-state index in [4.69, 9.17) is 4.74 Å². The van der Waals surface area contributed by atoms with Crippen molar-refractivity contribution in [3.05, 3.63) is 65.7 Å². The molecule has 1 N–H and O–H groups in total. The van der Waals surface area contributed by atoms with Crippen molar-refractivity contribution in [2.75, 3.05) is 45.3 Å². The fraction of sp³-hybridized carbons (Fsp3) is 0.381. The first-order valence-electron chi connectivity index (χ1n) is 9.13. The number of anilines is 1. The van der Waals surface area contributed by atoms with Gasteiger partial charge in [0, 0.05) is 46.0 Å². The molecule has 5 heteroatoms. The number of nitrogens with one attached hydrogen (secondary N) is 1. The van der Waals surface area contributed by atoms with Gasteiger partial charge in [0.15, 0.2) is 5.96 Å². The molecular formula is C21H28N4O. The molecule has 0 radical (unpaired) electrons. The molecule has 1 heterocycles. The minimum Gasteiger partial charge on any atom is -0.378 e. The summed E-state index contributed by atoms with van der Waals surface area (Å²) in [6, 6.07) is 19.2. The maximum atomic E-state index is 5.42. The number of hydrogen-bond donors (Lipinski definition) is 1. The Morgan fingerprint density at radius 2 is 1.73 bits per heavy atom. The molecule has 0 bridgehead atoms. The van der Waals surface area contributed by atoms with Crippen molar-refractivity contribution in [3.8, 4) is 0 Å². The maximum Gasteiger partial charge on any atom is 0.193 e. The summed E-state index contributed by atoms with van der Waals surface area (Å²) in [6.07, 6.45) is 0. The third-order valence-corrected chi connectivity index (χ3v) is 4.60. The van der Waals surface area contributed by atoms with Crippen LogP contribution in [0.5, 0.6) is 0 Å². The maximum absolute atomic E-state index is 5.42. The van der Waals surface area contributed by atoms with Crippen LogP contribution in [0.15, 0.2) is 59.6 Å². The van der Waals surface area contributed by atoms with Gasteiger partial charge in [-0.2, -0.15) is 0 Å². The molecule has 0 aliphatic carbocycles. The third kappa shape index (κ3) is 4.99. The van der Waals surface area contributed by atoms with Crippen LogP contribution in [0, 0.1) is 0 Å². The van der Waals surface area contributed by atoms with Crippen LogP contribution >= 0.6 is 0 Å². The molecule has 0 atom stereocenters. The Hall–Kier alpha value is -2.53.